The van der Waals surface area contributed by atoms with Gasteiger partial charge in [-0.3, -0.25) is 9.59 Å². The second-order valence-electron chi connectivity index (χ2n) is 5.45. The van der Waals surface area contributed by atoms with Crippen LogP contribution in [0.1, 0.15) is 33.1 Å². The van der Waals surface area contributed by atoms with Crippen LogP contribution >= 0.6 is 0 Å². The van der Waals surface area contributed by atoms with Gasteiger partial charge in [0.2, 0.25) is 11.8 Å². The molecule has 5 heteroatoms. The summed E-state index contributed by atoms with van der Waals surface area (Å²) in [5.41, 5.74) is 5.68. The highest BCUT2D eigenvalue weighted by Gasteiger charge is 2.34. The maximum absolute atomic E-state index is 12.2. The Morgan fingerprint density at radius 1 is 1.39 bits per heavy atom. The Morgan fingerprint density at radius 2 is 2.06 bits per heavy atom. The second kappa shape index (κ2) is 6.73. The maximum atomic E-state index is 12.2. The van der Waals surface area contributed by atoms with Crippen molar-refractivity contribution in [2.24, 2.45) is 17.6 Å². The molecule has 0 aromatic rings. The molecule has 1 aliphatic carbocycles. The lowest BCUT2D eigenvalue weighted by molar-refractivity contribution is -0.139. The van der Waals surface area contributed by atoms with Crippen LogP contribution in [0.3, 0.4) is 0 Å². The molecule has 104 valence electrons. The van der Waals surface area contributed by atoms with Crippen LogP contribution in [0.15, 0.2) is 0 Å². The second-order valence-corrected chi connectivity index (χ2v) is 5.45. The number of nitrogens with one attached hydrogen (secondary N) is 1. The zero-order valence-electron chi connectivity index (χ0n) is 11.6. The van der Waals surface area contributed by atoms with E-state index in [4.69, 9.17) is 5.73 Å². The Bertz CT molecular complexity index is 305. The first-order valence-corrected chi connectivity index (χ1v) is 6.70. The monoisotopic (exact) mass is 255 g/mol. The van der Waals surface area contributed by atoms with Crippen molar-refractivity contribution >= 4 is 11.8 Å². The summed E-state index contributed by atoms with van der Waals surface area (Å²) in [5.74, 6) is 0.241. The van der Waals surface area contributed by atoms with Gasteiger partial charge in [0.05, 0.1) is 6.54 Å². The van der Waals surface area contributed by atoms with Gasteiger partial charge in [-0.25, -0.2) is 0 Å². The van der Waals surface area contributed by atoms with E-state index < -0.39 is 0 Å². The lowest BCUT2D eigenvalue weighted by Gasteiger charge is -2.24. The molecule has 0 saturated heterocycles. The molecule has 0 aliphatic heterocycles. The molecule has 1 rings (SSSR count). The van der Waals surface area contributed by atoms with Crippen LogP contribution in [0.2, 0.25) is 0 Å². The minimum Gasteiger partial charge on any atom is -0.352 e. The van der Waals surface area contributed by atoms with Gasteiger partial charge in [0.15, 0.2) is 0 Å². The van der Waals surface area contributed by atoms with E-state index in [0.717, 1.165) is 19.3 Å². The van der Waals surface area contributed by atoms with Crippen LogP contribution in [0, 0.1) is 11.8 Å². The molecule has 0 aromatic heterocycles. The lowest BCUT2D eigenvalue weighted by Crippen LogP contribution is -2.44. The fourth-order valence-corrected chi connectivity index (χ4v) is 2.59. The molecule has 5 nitrogen and oxygen atoms in total. The van der Waals surface area contributed by atoms with Gasteiger partial charge >= 0.3 is 0 Å². The number of carbonyl (C=O) groups is 2. The number of nitrogens with zero attached hydrogens (tertiary/aromatic N) is 1. The predicted molar refractivity (Wildman–Crippen MR) is 70.8 cm³/mol. The molecule has 0 bridgehead atoms. The topological polar surface area (TPSA) is 75.4 Å². The largest absolute Gasteiger partial charge is 0.352 e. The molecule has 0 heterocycles. The summed E-state index contributed by atoms with van der Waals surface area (Å²) in [5, 5.41) is 2.79. The Hall–Kier alpha value is -1.10. The standard InChI is InChI=1S/C13H25N3O2/c1-9(2)15-12(17)8-16(3)13(18)11-6-4-5-10(11)7-14/h9-11H,4-8,14H2,1-3H3,(H,15,17). The zero-order chi connectivity index (χ0) is 13.7. The normalized spacial score (nSPS) is 23.2. The van der Waals surface area contributed by atoms with Gasteiger partial charge in [-0.15, -0.1) is 0 Å². The molecule has 0 spiro atoms. The SMILES string of the molecule is CC(C)NC(=O)CN(C)C(=O)C1CCCC1CN. The van der Waals surface area contributed by atoms with Crippen molar-refractivity contribution < 1.29 is 9.59 Å². The minimum atomic E-state index is -0.108. The quantitative estimate of drug-likeness (QED) is 0.744. The molecule has 2 amide bonds. The van der Waals surface area contributed by atoms with Gasteiger partial charge in [0.1, 0.15) is 0 Å². The first-order valence-electron chi connectivity index (χ1n) is 6.70. The fraction of sp³-hybridized carbons (Fsp3) is 0.846. The summed E-state index contributed by atoms with van der Waals surface area (Å²) in [7, 11) is 1.69. The van der Waals surface area contributed by atoms with Crippen molar-refractivity contribution in [1.29, 1.82) is 0 Å². The highest BCUT2D eigenvalue weighted by atomic mass is 16.2. The number of rotatable bonds is 5. The van der Waals surface area contributed by atoms with E-state index in [1.807, 2.05) is 13.8 Å². The van der Waals surface area contributed by atoms with Crippen LogP contribution in [0.4, 0.5) is 0 Å². The van der Waals surface area contributed by atoms with E-state index in [1.165, 1.54) is 4.90 Å². The van der Waals surface area contributed by atoms with Gasteiger partial charge < -0.3 is 16.0 Å². The molecule has 0 aromatic carbocycles. The first kappa shape index (κ1) is 15.0. The van der Waals surface area contributed by atoms with Crippen LogP contribution < -0.4 is 11.1 Å². The van der Waals surface area contributed by atoms with Crippen molar-refractivity contribution in [3.8, 4) is 0 Å². The van der Waals surface area contributed by atoms with Gasteiger partial charge in [-0.05, 0) is 39.2 Å². The number of likely N-dealkylation sites (N-methyl/N-ethyl adjacent to an activating group) is 1. The van der Waals surface area contributed by atoms with Gasteiger partial charge in [-0.2, -0.15) is 0 Å². The summed E-state index contributed by atoms with van der Waals surface area (Å²) in [6.07, 6.45) is 2.99. The van der Waals surface area contributed by atoms with Crippen molar-refractivity contribution in [3.05, 3.63) is 0 Å². The van der Waals surface area contributed by atoms with E-state index >= 15 is 0 Å². The Labute approximate surface area is 109 Å². The number of hydrogen-bond acceptors (Lipinski definition) is 3. The molecule has 18 heavy (non-hydrogen) atoms. The molecule has 1 aliphatic rings. The van der Waals surface area contributed by atoms with E-state index in [0.29, 0.717) is 6.54 Å². The highest BCUT2D eigenvalue weighted by Crippen LogP contribution is 2.32. The van der Waals surface area contributed by atoms with Gasteiger partial charge in [0.25, 0.3) is 0 Å². The number of amides is 2. The lowest BCUT2D eigenvalue weighted by atomic mass is 9.95. The summed E-state index contributed by atoms with van der Waals surface area (Å²) in [4.78, 5) is 25.4. The molecule has 1 saturated carbocycles. The van der Waals surface area contributed by atoms with Gasteiger partial charge in [0, 0.05) is 19.0 Å². The number of nitrogens with two attached hydrogens (primary N) is 1. The van der Waals surface area contributed by atoms with Crippen LogP contribution in [-0.4, -0.2) is 42.9 Å². The van der Waals surface area contributed by atoms with Gasteiger partial charge in [-0.1, -0.05) is 6.42 Å². The van der Waals surface area contributed by atoms with Crippen molar-refractivity contribution in [2.45, 2.75) is 39.2 Å². The predicted octanol–water partition coefficient (Wildman–Crippen LogP) is 0.344. The Kier molecular flexibility index (Phi) is 5.59. The van der Waals surface area contributed by atoms with Crippen molar-refractivity contribution in [3.63, 3.8) is 0 Å². The zero-order valence-corrected chi connectivity index (χ0v) is 11.6. The summed E-state index contributed by atoms with van der Waals surface area (Å²) in [6, 6.07) is 0.101. The van der Waals surface area contributed by atoms with E-state index in [9.17, 15) is 9.59 Å². The number of hydrogen-bond donors (Lipinski definition) is 2. The van der Waals surface area contributed by atoms with E-state index in [-0.39, 0.29) is 36.2 Å². The van der Waals surface area contributed by atoms with Crippen molar-refractivity contribution in [1.82, 2.24) is 10.2 Å². The Balaban J connectivity index is 2.48. The fourth-order valence-electron chi connectivity index (χ4n) is 2.59. The summed E-state index contributed by atoms with van der Waals surface area (Å²) < 4.78 is 0. The smallest absolute Gasteiger partial charge is 0.239 e. The third-order valence-electron chi connectivity index (χ3n) is 3.49. The van der Waals surface area contributed by atoms with Crippen LogP contribution in [-0.2, 0) is 9.59 Å². The molecular formula is C13H25N3O2. The van der Waals surface area contributed by atoms with Crippen LogP contribution in [0.5, 0.6) is 0 Å². The first-order chi connectivity index (χ1) is 8.45. The molecule has 0 radical (unpaired) electrons. The Morgan fingerprint density at radius 3 is 2.61 bits per heavy atom. The number of carbonyl (C=O) groups excluding carboxylic acids is 2. The maximum Gasteiger partial charge on any atom is 0.239 e. The molecule has 2 unspecified atom stereocenters. The molecule has 3 N–H and O–H groups in total. The summed E-state index contributed by atoms with van der Waals surface area (Å²) in [6.45, 7) is 4.50. The highest BCUT2D eigenvalue weighted by molar-refractivity contribution is 5.86. The molecular weight excluding hydrogens is 230 g/mol. The average molecular weight is 255 g/mol. The molecule has 1 fully saturated rings. The molecule has 2 atom stereocenters. The van der Waals surface area contributed by atoms with Crippen LogP contribution in [0.25, 0.3) is 0 Å². The summed E-state index contributed by atoms with van der Waals surface area (Å²) >= 11 is 0. The average Bonchev–Trinajstić information content (AvgIpc) is 2.74. The third-order valence-corrected chi connectivity index (χ3v) is 3.49. The van der Waals surface area contributed by atoms with E-state index in [2.05, 4.69) is 5.32 Å². The van der Waals surface area contributed by atoms with E-state index in [1.54, 1.807) is 7.05 Å². The minimum absolute atomic E-state index is 0.00634. The third kappa shape index (κ3) is 3.98. The van der Waals surface area contributed by atoms with Crippen molar-refractivity contribution in [2.75, 3.05) is 20.1 Å².